The number of aromatic nitrogens is 2. The molecule has 0 saturated carbocycles. The summed E-state index contributed by atoms with van der Waals surface area (Å²) in [6, 6.07) is 10.8. The number of carbonyl (C=O) groups is 2. The number of anilines is 1. The first kappa shape index (κ1) is 18.5. The lowest BCUT2D eigenvalue weighted by Crippen LogP contribution is -2.17. The summed E-state index contributed by atoms with van der Waals surface area (Å²) in [7, 11) is 0. The Labute approximate surface area is 160 Å². The third-order valence-corrected chi connectivity index (χ3v) is 4.51. The largest absolute Gasteiger partial charge is 0.491 e. The number of amides is 2. The van der Waals surface area contributed by atoms with Crippen molar-refractivity contribution < 1.29 is 14.3 Å². The summed E-state index contributed by atoms with van der Waals surface area (Å²) in [5.74, 6) is -0.158. The zero-order chi connectivity index (χ0) is 19.1. The zero-order valence-corrected chi connectivity index (χ0v) is 15.2. The molecule has 0 aliphatic carbocycles. The molecule has 3 aromatic rings. The lowest BCUT2D eigenvalue weighted by molar-refractivity contribution is -0.118. The van der Waals surface area contributed by atoms with Crippen LogP contribution in [-0.2, 0) is 16.0 Å². The van der Waals surface area contributed by atoms with Crippen LogP contribution in [0.2, 0.25) is 0 Å². The third-order valence-electron chi connectivity index (χ3n) is 3.57. The summed E-state index contributed by atoms with van der Waals surface area (Å²) in [5, 5.41) is 5.50. The van der Waals surface area contributed by atoms with Gasteiger partial charge in [0.05, 0.1) is 30.8 Å². The number of para-hydroxylation sites is 2. The lowest BCUT2D eigenvalue weighted by atomic mass is 10.2. The van der Waals surface area contributed by atoms with Crippen LogP contribution in [0.4, 0.5) is 5.69 Å². The predicted molar refractivity (Wildman–Crippen MR) is 103 cm³/mol. The molecule has 0 saturated heterocycles. The van der Waals surface area contributed by atoms with Gasteiger partial charge in [0.1, 0.15) is 10.8 Å². The second kappa shape index (κ2) is 8.91. The second-order valence-electron chi connectivity index (χ2n) is 5.67. The van der Waals surface area contributed by atoms with Gasteiger partial charge in [0.25, 0.3) is 0 Å². The number of nitrogens with two attached hydrogens (primary N) is 1. The van der Waals surface area contributed by atoms with Gasteiger partial charge in [-0.15, -0.1) is 11.3 Å². The molecule has 0 aliphatic rings. The van der Waals surface area contributed by atoms with Crippen molar-refractivity contribution in [1.82, 2.24) is 9.97 Å². The average Bonchev–Trinajstić information content (AvgIpc) is 3.12. The number of ether oxygens (including phenoxy) is 1. The predicted octanol–water partition coefficient (Wildman–Crippen LogP) is 2.64. The highest BCUT2D eigenvalue weighted by molar-refractivity contribution is 7.13. The van der Waals surface area contributed by atoms with Gasteiger partial charge in [-0.1, -0.05) is 12.1 Å². The highest BCUT2D eigenvalue weighted by Crippen LogP contribution is 2.25. The Morgan fingerprint density at radius 1 is 1.19 bits per heavy atom. The van der Waals surface area contributed by atoms with Gasteiger partial charge < -0.3 is 15.8 Å². The molecule has 3 N–H and O–H groups in total. The Morgan fingerprint density at radius 3 is 2.81 bits per heavy atom. The number of rotatable bonds is 8. The molecule has 2 amide bonds. The smallest absolute Gasteiger partial charge is 0.230 e. The maximum absolute atomic E-state index is 12.4. The van der Waals surface area contributed by atoms with E-state index in [-0.39, 0.29) is 25.4 Å². The van der Waals surface area contributed by atoms with Crippen LogP contribution < -0.4 is 15.8 Å². The molecule has 0 unspecified atom stereocenters. The fourth-order valence-corrected chi connectivity index (χ4v) is 3.14. The van der Waals surface area contributed by atoms with Crippen molar-refractivity contribution in [2.24, 2.45) is 5.73 Å². The minimum Gasteiger partial charge on any atom is -0.491 e. The summed E-state index contributed by atoms with van der Waals surface area (Å²) in [6.07, 6.45) is 3.70. The molecule has 0 radical (unpaired) electrons. The summed E-state index contributed by atoms with van der Waals surface area (Å²) in [6.45, 7) is 0.156. The molecular weight excluding hydrogens is 364 g/mol. The lowest BCUT2D eigenvalue weighted by Gasteiger charge is -2.11. The van der Waals surface area contributed by atoms with E-state index in [0.717, 1.165) is 10.6 Å². The van der Waals surface area contributed by atoms with Gasteiger partial charge in [0.15, 0.2) is 0 Å². The molecule has 8 heteroatoms. The van der Waals surface area contributed by atoms with Crippen molar-refractivity contribution in [3.05, 3.63) is 59.9 Å². The second-order valence-corrected chi connectivity index (χ2v) is 6.53. The van der Waals surface area contributed by atoms with Crippen molar-refractivity contribution in [3.8, 4) is 16.3 Å². The number of hydrogen-bond donors (Lipinski definition) is 2. The van der Waals surface area contributed by atoms with Gasteiger partial charge in [-0.3, -0.25) is 14.6 Å². The Morgan fingerprint density at radius 2 is 2.04 bits per heavy atom. The molecule has 7 nitrogen and oxygen atoms in total. The van der Waals surface area contributed by atoms with E-state index < -0.39 is 5.91 Å². The molecule has 138 valence electrons. The Balaban J connectivity index is 1.61. The van der Waals surface area contributed by atoms with Gasteiger partial charge in [0, 0.05) is 23.3 Å². The number of nitrogens with zero attached hydrogens (tertiary/aromatic N) is 2. The monoisotopic (exact) mass is 382 g/mol. The van der Waals surface area contributed by atoms with Gasteiger partial charge in [-0.25, -0.2) is 4.98 Å². The minimum absolute atomic E-state index is 0.109. The highest BCUT2D eigenvalue weighted by atomic mass is 32.1. The standard InChI is InChI=1S/C19H18N4O3S/c20-17(24)7-9-26-16-6-2-1-5-15(16)23-18(25)10-14-12-27-19(22-14)13-4-3-8-21-11-13/h1-6,8,11-12H,7,9-10H2,(H2,20,24)(H,23,25). The van der Waals surface area contributed by atoms with Crippen LogP contribution in [0.15, 0.2) is 54.2 Å². The molecule has 0 aliphatic heterocycles. The van der Waals surface area contributed by atoms with Crippen molar-refractivity contribution in [3.63, 3.8) is 0 Å². The van der Waals surface area contributed by atoms with Crippen LogP contribution in [-0.4, -0.2) is 28.4 Å². The van der Waals surface area contributed by atoms with Crippen molar-refractivity contribution in [1.29, 1.82) is 0 Å². The van der Waals surface area contributed by atoms with Crippen LogP contribution in [0.5, 0.6) is 5.75 Å². The molecule has 0 fully saturated rings. The molecule has 27 heavy (non-hydrogen) atoms. The number of hydrogen-bond acceptors (Lipinski definition) is 6. The topological polar surface area (TPSA) is 107 Å². The maximum Gasteiger partial charge on any atom is 0.230 e. The van der Waals surface area contributed by atoms with Crippen LogP contribution in [0.25, 0.3) is 10.6 Å². The van der Waals surface area contributed by atoms with Crippen LogP contribution in [0.1, 0.15) is 12.1 Å². The SMILES string of the molecule is NC(=O)CCOc1ccccc1NC(=O)Cc1csc(-c2cccnc2)n1. The van der Waals surface area contributed by atoms with Gasteiger partial charge in [-0.2, -0.15) is 0 Å². The van der Waals surface area contributed by atoms with E-state index in [1.807, 2.05) is 17.5 Å². The molecule has 3 rings (SSSR count). The van der Waals surface area contributed by atoms with E-state index in [1.54, 1.807) is 36.7 Å². The Bertz CT molecular complexity index is 927. The zero-order valence-electron chi connectivity index (χ0n) is 14.4. The molecule has 0 atom stereocenters. The number of primary amides is 1. The summed E-state index contributed by atoms with van der Waals surface area (Å²) < 4.78 is 5.52. The van der Waals surface area contributed by atoms with Crippen molar-refractivity contribution in [2.75, 3.05) is 11.9 Å². The van der Waals surface area contributed by atoms with Crippen molar-refractivity contribution in [2.45, 2.75) is 12.8 Å². The van der Waals surface area contributed by atoms with Crippen LogP contribution in [0.3, 0.4) is 0 Å². The molecule has 1 aromatic carbocycles. The highest BCUT2D eigenvalue weighted by Gasteiger charge is 2.12. The van der Waals surface area contributed by atoms with Crippen LogP contribution >= 0.6 is 11.3 Å². The number of benzene rings is 1. The molecular formula is C19H18N4O3S. The van der Waals surface area contributed by atoms with Gasteiger partial charge in [0.2, 0.25) is 11.8 Å². The molecule has 2 aromatic heterocycles. The Hall–Kier alpha value is -3.26. The fourth-order valence-electron chi connectivity index (χ4n) is 2.33. The van der Waals surface area contributed by atoms with Gasteiger partial charge >= 0.3 is 0 Å². The quantitative estimate of drug-likeness (QED) is 0.623. The minimum atomic E-state index is -0.440. The van der Waals surface area contributed by atoms with E-state index in [9.17, 15) is 9.59 Å². The first-order valence-corrected chi connectivity index (χ1v) is 9.14. The molecule has 0 spiro atoms. The van der Waals surface area contributed by atoms with E-state index in [2.05, 4.69) is 15.3 Å². The van der Waals surface area contributed by atoms with E-state index in [4.69, 9.17) is 10.5 Å². The average molecular weight is 382 g/mol. The van der Waals surface area contributed by atoms with E-state index in [0.29, 0.717) is 17.1 Å². The molecule has 2 heterocycles. The Kier molecular flexibility index (Phi) is 6.11. The third kappa shape index (κ3) is 5.35. The molecule has 0 bridgehead atoms. The first-order chi connectivity index (χ1) is 13.1. The first-order valence-electron chi connectivity index (χ1n) is 8.26. The van der Waals surface area contributed by atoms with Crippen LogP contribution in [0, 0.1) is 0 Å². The number of carbonyl (C=O) groups excluding carboxylic acids is 2. The van der Waals surface area contributed by atoms with Crippen molar-refractivity contribution >= 4 is 28.8 Å². The van der Waals surface area contributed by atoms with E-state index in [1.165, 1.54) is 11.3 Å². The summed E-state index contributed by atoms with van der Waals surface area (Å²) in [5.41, 5.74) is 7.25. The summed E-state index contributed by atoms with van der Waals surface area (Å²) >= 11 is 1.47. The fraction of sp³-hybridized carbons (Fsp3) is 0.158. The normalized spacial score (nSPS) is 10.4. The summed E-state index contributed by atoms with van der Waals surface area (Å²) in [4.78, 5) is 31.8. The number of pyridine rings is 1. The number of nitrogens with one attached hydrogen (secondary N) is 1. The number of thiazole rings is 1. The maximum atomic E-state index is 12.4. The van der Waals surface area contributed by atoms with E-state index >= 15 is 0 Å². The van der Waals surface area contributed by atoms with Gasteiger partial charge in [-0.05, 0) is 24.3 Å².